The molecule has 2 aromatic rings. The van der Waals surface area contributed by atoms with E-state index in [9.17, 15) is 18.1 Å². The van der Waals surface area contributed by atoms with Gasteiger partial charge in [0.1, 0.15) is 23.4 Å². The zero-order valence-electron chi connectivity index (χ0n) is 12.9. The van der Waals surface area contributed by atoms with Gasteiger partial charge in [0, 0.05) is 34.8 Å². The molecule has 2 aromatic carbocycles. The molecule has 4 nitrogen and oxygen atoms in total. The topological polar surface area (TPSA) is 70.3 Å². The lowest BCUT2D eigenvalue weighted by molar-refractivity contribution is 0.0624. The number of hydrogen-bond donors (Lipinski definition) is 1. The molecular weight excluding hydrogens is 372 g/mol. The van der Waals surface area contributed by atoms with Crippen molar-refractivity contribution in [3.63, 3.8) is 0 Å². The molecule has 0 fully saturated rings. The van der Waals surface area contributed by atoms with Gasteiger partial charge in [0.15, 0.2) is 0 Å². The highest BCUT2D eigenvalue weighted by Crippen LogP contribution is 2.50. The van der Waals surface area contributed by atoms with Gasteiger partial charge in [0.05, 0.1) is 22.4 Å². The number of ether oxygens (including phenoxy) is 1. The van der Waals surface area contributed by atoms with Crippen LogP contribution in [-0.4, -0.2) is 20.7 Å². The minimum Gasteiger partial charge on any atom is -0.457 e. The Morgan fingerprint density at radius 3 is 2.80 bits per heavy atom. The molecule has 25 heavy (non-hydrogen) atoms. The number of fused-ring (bicyclic) bond motifs is 1. The second-order valence-electron chi connectivity index (χ2n) is 5.64. The van der Waals surface area contributed by atoms with Crippen molar-refractivity contribution < 1.29 is 22.8 Å². The molecule has 1 aliphatic carbocycles. The fourth-order valence-corrected chi connectivity index (χ4v) is 3.86. The second kappa shape index (κ2) is 6.37. The lowest BCUT2D eigenvalue weighted by Crippen LogP contribution is -2.20. The van der Waals surface area contributed by atoms with Gasteiger partial charge in [-0.15, -0.1) is 0 Å². The normalized spacial score (nSPS) is 23.0. The summed E-state index contributed by atoms with van der Waals surface area (Å²) in [6.07, 6.45) is -0.610. The maximum absolute atomic E-state index is 14.4. The Bertz CT molecular complexity index is 927. The van der Waals surface area contributed by atoms with Gasteiger partial charge < -0.3 is 9.84 Å². The molecule has 1 aliphatic rings. The third-order valence-electron chi connectivity index (χ3n) is 3.90. The first-order valence-corrected chi connectivity index (χ1v) is 9.10. The Morgan fingerprint density at radius 1 is 1.44 bits per heavy atom. The third kappa shape index (κ3) is 3.25. The zero-order valence-corrected chi connectivity index (χ0v) is 14.5. The number of nitriles is 1. The number of hydrogen-bond acceptors (Lipinski definition) is 4. The van der Waals surface area contributed by atoms with E-state index in [-0.39, 0.29) is 39.5 Å². The lowest BCUT2D eigenvalue weighted by atomic mass is 10.1. The van der Waals surface area contributed by atoms with Crippen LogP contribution in [0.3, 0.4) is 0 Å². The molecule has 0 radical (unpaired) electrons. The molecule has 1 N–H and O–H groups in total. The third-order valence-corrected chi connectivity index (χ3v) is 5.21. The molecular formula is C17H12ClF2NO3S. The van der Waals surface area contributed by atoms with Gasteiger partial charge in [-0.2, -0.15) is 5.26 Å². The number of aliphatic hydroxyl groups excluding tert-OH is 1. The van der Waals surface area contributed by atoms with Crippen molar-refractivity contribution in [3.05, 3.63) is 52.8 Å². The molecule has 0 amide bonds. The van der Waals surface area contributed by atoms with E-state index < -0.39 is 27.8 Å². The van der Waals surface area contributed by atoms with Crippen LogP contribution < -0.4 is 4.74 Å². The first-order valence-electron chi connectivity index (χ1n) is 7.16. The van der Waals surface area contributed by atoms with Crippen LogP contribution in [0.15, 0.2) is 35.2 Å². The van der Waals surface area contributed by atoms with Crippen LogP contribution in [-0.2, 0) is 17.2 Å². The quantitative estimate of drug-likeness (QED) is 0.820. The maximum atomic E-state index is 14.4. The molecule has 8 heteroatoms. The Hall–Kier alpha value is -2.01. The zero-order chi connectivity index (χ0) is 18.4. The molecule has 3 atom stereocenters. The van der Waals surface area contributed by atoms with E-state index in [0.717, 1.165) is 12.1 Å². The molecule has 0 aliphatic heterocycles. The molecule has 0 aromatic heterocycles. The predicted molar refractivity (Wildman–Crippen MR) is 88.3 cm³/mol. The molecule has 0 bridgehead atoms. The number of rotatable bonds is 3. The number of aliphatic hydroxyl groups is 1. The summed E-state index contributed by atoms with van der Waals surface area (Å²) in [7, 11) is -1.47. The largest absolute Gasteiger partial charge is 0.457 e. The van der Waals surface area contributed by atoms with Gasteiger partial charge in [-0.05, 0) is 24.3 Å². The summed E-state index contributed by atoms with van der Waals surface area (Å²) in [5.74, 6) is -0.461. The number of halogens is 3. The molecule has 130 valence electrons. The van der Waals surface area contributed by atoms with Crippen molar-refractivity contribution >= 4 is 22.4 Å². The van der Waals surface area contributed by atoms with Crippen LogP contribution in [0.5, 0.6) is 11.5 Å². The minimum atomic E-state index is -2.45. The highest BCUT2D eigenvalue weighted by Gasteiger charge is 2.47. The fraction of sp³-hybridized carbons (Fsp3) is 0.235. The average molecular weight is 384 g/mol. The van der Waals surface area contributed by atoms with Crippen molar-refractivity contribution in [1.29, 1.82) is 5.26 Å². The van der Waals surface area contributed by atoms with Crippen molar-refractivity contribution in [3.8, 4) is 17.6 Å². The van der Waals surface area contributed by atoms with Crippen molar-refractivity contribution in [2.75, 3.05) is 6.26 Å². The van der Waals surface area contributed by atoms with Crippen LogP contribution in [0.25, 0.3) is 0 Å². The predicted octanol–water partition coefficient (Wildman–Crippen LogP) is 3.72. The van der Waals surface area contributed by atoms with Gasteiger partial charge in [0.25, 0.3) is 0 Å². The van der Waals surface area contributed by atoms with E-state index in [2.05, 4.69) is 0 Å². The second-order valence-corrected chi connectivity index (χ2v) is 7.61. The Kier molecular flexibility index (Phi) is 4.54. The van der Waals surface area contributed by atoms with E-state index in [1.54, 1.807) is 0 Å². The number of alkyl halides is 2. The van der Waals surface area contributed by atoms with Crippen LogP contribution in [0.1, 0.15) is 22.8 Å². The summed E-state index contributed by atoms with van der Waals surface area (Å²) in [5, 5.41) is 16.6. The SMILES string of the molecule is CS(=O)c1ccc(Oc2cc(F)cc(C#N)c2)c2c1[C@H](O)C(F)(Cl)C2. The van der Waals surface area contributed by atoms with Gasteiger partial charge >= 0.3 is 0 Å². The van der Waals surface area contributed by atoms with Crippen LogP contribution in [0.4, 0.5) is 8.78 Å². The Balaban J connectivity index is 2.10. The number of benzene rings is 2. The summed E-state index contributed by atoms with van der Waals surface area (Å²) in [6, 6.07) is 8.16. The summed E-state index contributed by atoms with van der Waals surface area (Å²) in [5.41, 5.74) is 0.448. The Labute approximate surface area is 150 Å². The Morgan fingerprint density at radius 2 is 2.16 bits per heavy atom. The van der Waals surface area contributed by atoms with Gasteiger partial charge in [0.2, 0.25) is 5.13 Å². The van der Waals surface area contributed by atoms with E-state index in [0.29, 0.717) is 0 Å². The molecule has 0 heterocycles. The van der Waals surface area contributed by atoms with E-state index >= 15 is 0 Å². The van der Waals surface area contributed by atoms with Gasteiger partial charge in [-0.3, -0.25) is 4.21 Å². The van der Waals surface area contributed by atoms with Crippen molar-refractivity contribution in [2.24, 2.45) is 0 Å². The van der Waals surface area contributed by atoms with Crippen LogP contribution >= 0.6 is 11.6 Å². The molecule has 0 saturated carbocycles. The average Bonchev–Trinajstić information content (AvgIpc) is 2.78. The molecule has 0 saturated heterocycles. The van der Waals surface area contributed by atoms with Gasteiger partial charge in [-0.25, -0.2) is 8.78 Å². The summed E-state index contributed by atoms with van der Waals surface area (Å²) < 4.78 is 45.4. The maximum Gasteiger partial charge on any atom is 0.217 e. The fourth-order valence-electron chi connectivity index (χ4n) is 2.81. The summed E-state index contributed by atoms with van der Waals surface area (Å²) >= 11 is 5.73. The first-order chi connectivity index (χ1) is 11.7. The van der Waals surface area contributed by atoms with E-state index in [1.165, 1.54) is 24.5 Å². The molecule has 3 rings (SSSR count). The van der Waals surface area contributed by atoms with E-state index in [4.69, 9.17) is 21.6 Å². The highest BCUT2D eigenvalue weighted by molar-refractivity contribution is 7.84. The molecule has 2 unspecified atom stereocenters. The highest BCUT2D eigenvalue weighted by atomic mass is 35.5. The monoisotopic (exact) mass is 383 g/mol. The summed E-state index contributed by atoms with van der Waals surface area (Å²) in [6.45, 7) is 0. The first kappa shape index (κ1) is 17.8. The van der Waals surface area contributed by atoms with Gasteiger partial charge in [-0.1, -0.05) is 11.6 Å². The van der Waals surface area contributed by atoms with Crippen LogP contribution in [0.2, 0.25) is 0 Å². The summed E-state index contributed by atoms with van der Waals surface area (Å²) in [4.78, 5) is 0.256. The smallest absolute Gasteiger partial charge is 0.217 e. The standard InChI is InChI=1S/C17H12ClF2NO3S/c1-25(23)14-3-2-13(12-7-17(18,20)16(22)15(12)14)24-11-5-9(8-21)4-10(19)6-11/h2-6,16,22H,7H2,1H3/t16-,17?,25?/m0/s1. The minimum absolute atomic E-state index is 0.0459. The number of nitrogens with zero attached hydrogens (tertiary/aromatic N) is 1. The van der Waals surface area contributed by atoms with Crippen molar-refractivity contribution in [2.45, 2.75) is 22.5 Å². The van der Waals surface area contributed by atoms with Crippen molar-refractivity contribution in [1.82, 2.24) is 0 Å². The van der Waals surface area contributed by atoms with Crippen LogP contribution in [0, 0.1) is 17.1 Å². The van der Waals surface area contributed by atoms with E-state index in [1.807, 2.05) is 6.07 Å². The molecule has 0 spiro atoms. The lowest BCUT2D eigenvalue weighted by Gasteiger charge is -2.16.